The van der Waals surface area contributed by atoms with Gasteiger partial charge in [0.15, 0.2) is 11.6 Å². The predicted molar refractivity (Wildman–Crippen MR) is 112 cm³/mol. The largest absolute Gasteiger partial charge is 0.324 e. The van der Waals surface area contributed by atoms with E-state index in [0.29, 0.717) is 6.07 Å². The lowest BCUT2D eigenvalue weighted by atomic mass is 9.98. The molecule has 0 radical (unpaired) electrons. The molecule has 0 atom stereocenters. The van der Waals surface area contributed by atoms with Gasteiger partial charge < -0.3 is 5.32 Å². The number of halogens is 3. The number of hydrogen-bond acceptors (Lipinski definition) is 3. The van der Waals surface area contributed by atoms with Gasteiger partial charge in [0.1, 0.15) is 10.7 Å². The Morgan fingerprint density at radius 3 is 2.32 bits per heavy atom. The molecule has 0 unspecified atom stereocenters. The Bertz CT molecular complexity index is 1310. The van der Waals surface area contributed by atoms with Crippen molar-refractivity contribution in [1.82, 2.24) is 4.72 Å². The molecule has 1 heterocycles. The van der Waals surface area contributed by atoms with Crippen LogP contribution >= 0.6 is 0 Å². The van der Waals surface area contributed by atoms with Gasteiger partial charge in [-0.15, -0.1) is 0 Å². The molecular weight excluding hydrogens is 427 g/mol. The number of benzene rings is 3. The summed E-state index contributed by atoms with van der Waals surface area (Å²) in [4.78, 5) is 3.67. The number of guanidine groups is 1. The van der Waals surface area contributed by atoms with Crippen molar-refractivity contribution in [3.05, 3.63) is 94.3 Å². The van der Waals surface area contributed by atoms with E-state index in [4.69, 9.17) is 0 Å². The molecule has 0 bridgehead atoms. The second kappa shape index (κ2) is 8.07. The molecule has 4 rings (SSSR count). The number of nitrogens with zero attached hydrogens (tertiary/aromatic N) is 1. The Kier molecular flexibility index (Phi) is 5.45. The average molecular weight is 445 g/mol. The number of sulfonamides is 1. The van der Waals surface area contributed by atoms with Crippen LogP contribution in [0.15, 0.2) is 64.5 Å². The Hall–Kier alpha value is -3.33. The Labute approximate surface area is 177 Å². The molecule has 2 N–H and O–H groups in total. The first-order valence-electron chi connectivity index (χ1n) is 9.39. The SMILES string of the molecule is Cc1ccccc1Cc1c(F)c(F)cc2c1NC(=NCc1ccccc1F)NS2(=O)=O. The summed E-state index contributed by atoms with van der Waals surface area (Å²) in [5.41, 5.74) is 1.61. The molecule has 0 aromatic heterocycles. The second-order valence-electron chi connectivity index (χ2n) is 7.11. The number of rotatable bonds is 4. The highest BCUT2D eigenvalue weighted by molar-refractivity contribution is 7.90. The zero-order valence-electron chi connectivity index (χ0n) is 16.4. The summed E-state index contributed by atoms with van der Waals surface area (Å²) in [6.07, 6.45) is -0.0261. The van der Waals surface area contributed by atoms with Crippen molar-refractivity contribution in [2.75, 3.05) is 5.32 Å². The van der Waals surface area contributed by atoms with Crippen LogP contribution < -0.4 is 10.0 Å². The summed E-state index contributed by atoms with van der Waals surface area (Å²) >= 11 is 0. The molecule has 31 heavy (non-hydrogen) atoms. The van der Waals surface area contributed by atoms with Gasteiger partial charge in [-0.3, -0.25) is 0 Å². The van der Waals surface area contributed by atoms with Crippen LogP contribution in [0.1, 0.15) is 22.3 Å². The third-order valence-corrected chi connectivity index (χ3v) is 6.40. The summed E-state index contributed by atoms with van der Waals surface area (Å²) < 4.78 is 70.5. The van der Waals surface area contributed by atoms with E-state index in [-0.39, 0.29) is 35.7 Å². The molecule has 0 saturated heterocycles. The highest BCUT2D eigenvalue weighted by Gasteiger charge is 2.32. The van der Waals surface area contributed by atoms with Crippen LogP contribution in [-0.2, 0) is 23.0 Å². The summed E-state index contributed by atoms with van der Waals surface area (Å²) in [5.74, 6) is -3.09. The normalized spacial score (nSPS) is 15.8. The maximum Gasteiger partial charge on any atom is 0.266 e. The summed E-state index contributed by atoms with van der Waals surface area (Å²) in [5, 5.41) is 2.75. The molecule has 0 fully saturated rings. The second-order valence-corrected chi connectivity index (χ2v) is 8.76. The van der Waals surface area contributed by atoms with E-state index in [0.717, 1.165) is 11.1 Å². The number of fused-ring (bicyclic) bond motifs is 1. The van der Waals surface area contributed by atoms with Crippen LogP contribution in [0.2, 0.25) is 0 Å². The average Bonchev–Trinajstić information content (AvgIpc) is 2.72. The third kappa shape index (κ3) is 4.13. The van der Waals surface area contributed by atoms with Gasteiger partial charge in [-0.25, -0.2) is 31.3 Å². The predicted octanol–water partition coefficient (Wildman–Crippen LogP) is 4.26. The van der Waals surface area contributed by atoms with Crippen molar-refractivity contribution in [1.29, 1.82) is 0 Å². The summed E-state index contributed by atoms with van der Waals surface area (Å²) in [6, 6.07) is 13.7. The van der Waals surface area contributed by atoms with E-state index in [9.17, 15) is 21.6 Å². The molecule has 0 aliphatic carbocycles. The first-order valence-corrected chi connectivity index (χ1v) is 10.9. The van der Waals surface area contributed by atoms with E-state index >= 15 is 0 Å². The molecule has 0 spiro atoms. The molecular formula is C22H18F3N3O2S. The first kappa shape index (κ1) is 20.9. The molecule has 1 aliphatic rings. The van der Waals surface area contributed by atoms with Gasteiger partial charge in [-0.05, 0) is 30.2 Å². The van der Waals surface area contributed by atoms with Crippen molar-refractivity contribution in [3.63, 3.8) is 0 Å². The lowest BCUT2D eigenvalue weighted by Gasteiger charge is -2.25. The van der Waals surface area contributed by atoms with Crippen LogP contribution in [0.4, 0.5) is 18.9 Å². The van der Waals surface area contributed by atoms with Crippen molar-refractivity contribution < 1.29 is 21.6 Å². The van der Waals surface area contributed by atoms with Gasteiger partial charge in [-0.2, -0.15) is 0 Å². The zero-order chi connectivity index (χ0) is 22.2. The lowest BCUT2D eigenvalue weighted by Crippen LogP contribution is -2.41. The fraction of sp³-hybridized carbons (Fsp3) is 0.136. The molecule has 1 aliphatic heterocycles. The molecule has 5 nitrogen and oxygen atoms in total. The highest BCUT2D eigenvalue weighted by atomic mass is 32.2. The molecule has 3 aromatic rings. The molecule has 9 heteroatoms. The monoisotopic (exact) mass is 445 g/mol. The quantitative estimate of drug-likeness (QED) is 0.630. The van der Waals surface area contributed by atoms with Crippen LogP contribution in [0, 0.1) is 24.4 Å². The van der Waals surface area contributed by atoms with E-state index in [1.165, 1.54) is 18.2 Å². The number of nitrogens with one attached hydrogen (secondary N) is 2. The van der Waals surface area contributed by atoms with E-state index in [2.05, 4.69) is 15.0 Å². The van der Waals surface area contributed by atoms with E-state index in [1.807, 2.05) is 19.1 Å². The fourth-order valence-electron chi connectivity index (χ4n) is 3.36. The summed E-state index contributed by atoms with van der Waals surface area (Å²) in [7, 11) is -4.21. The van der Waals surface area contributed by atoms with Crippen LogP contribution in [0.5, 0.6) is 0 Å². The topological polar surface area (TPSA) is 70.6 Å². The fourth-order valence-corrected chi connectivity index (χ4v) is 4.54. The van der Waals surface area contributed by atoms with Crippen LogP contribution in [0.25, 0.3) is 0 Å². The Morgan fingerprint density at radius 1 is 0.935 bits per heavy atom. The van der Waals surface area contributed by atoms with Gasteiger partial charge in [-0.1, -0.05) is 42.5 Å². The molecule has 0 saturated carbocycles. The zero-order valence-corrected chi connectivity index (χ0v) is 17.2. The number of aryl methyl sites for hydroxylation is 1. The smallest absolute Gasteiger partial charge is 0.266 e. The molecule has 3 aromatic carbocycles. The molecule has 160 valence electrons. The van der Waals surface area contributed by atoms with Gasteiger partial charge in [0.2, 0.25) is 5.96 Å². The van der Waals surface area contributed by atoms with Gasteiger partial charge in [0, 0.05) is 17.5 Å². The number of hydrogen-bond donors (Lipinski definition) is 2. The first-order chi connectivity index (χ1) is 14.8. The minimum atomic E-state index is -4.21. The Morgan fingerprint density at radius 2 is 1.61 bits per heavy atom. The maximum atomic E-state index is 14.8. The third-order valence-electron chi connectivity index (χ3n) is 5.04. The van der Waals surface area contributed by atoms with Crippen LogP contribution in [0.3, 0.4) is 0 Å². The van der Waals surface area contributed by atoms with Gasteiger partial charge in [0.05, 0.1) is 12.2 Å². The number of anilines is 1. The minimum absolute atomic E-state index is 0.0261. The van der Waals surface area contributed by atoms with Crippen molar-refractivity contribution in [2.45, 2.75) is 24.8 Å². The maximum absolute atomic E-state index is 14.8. The minimum Gasteiger partial charge on any atom is -0.324 e. The van der Waals surface area contributed by atoms with Crippen molar-refractivity contribution in [3.8, 4) is 0 Å². The summed E-state index contributed by atoms with van der Waals surface area (Å²) in [6.45, 7) is 1.68. The Balaban J connectivity index is 1.78. The van der Waals surface area contributed by atoms with Gasteiger partial charge in [0.25, 0.3) is 10.0 Å². The van der Waals surface area contributed by atoms with Crippen LogP contribution in [-0.4, -0.2) is 14.4 Å². The number of aliphatic imine (C=N–C) groups is 1. The van der Waals surface area contributed by atoms with Crippen molar-refractivity contribution in [2.24, 2.45) is 4.99 Å². The van der Waals surface area contributed by atoms with E-state index in [1.54, 1.807) is 18.2 Å². The standard InChI is InChI=1S/C22H18F3N3O2S/c1-13-6-2-3-7-14(13)10-16-20(25)18(24)11-19-21(16)27-22(28-31(19,29)30)26-12-15-8-4-5-9-17(15)23/h2-9,11H,10,12H2,1H3,(H2,26,27,28). The molecule has 0 amide bonds. The van der Waals surface area contributed by atoms with E-state index < -0.39 is 32.4 Å². The van der Waals surface area contributed by atoms with Gasteiger partial charge >= 0.3 is 0 Å². The highest BCUT2D eigenvalue weighted by Crippen LogP contribution is 2.34. The van der Waals surface area contributed by atoms with Crippen molar-refractivity contribution >= 4 is 21.7 Å². The lowest BCUT2D eigenvalue weighted by molar-refractivity contribution is 0.497.